The fraction of sp³-hybridized carbons (Fsp3) is 0.750. The highest BCUT2D eigenvalue weighted by molar-refractivity contribution is 7.45. The monoisotopic (exact) mass is 210 g/mol. The highest BCUT2D eigenvalue weighted by Gasteiger charge is 2.25. The molecule has 11 heavy (non-hydrogen) atoms. The largest absolute Gasteiger partial charge is 0.251 e. The lowest BCUT2D eigenvalue weighted by molar-refractivity contribution is 0.872. The normalized spacial score (nSPS) is 11.5. The van der Waals surface area contributed by atoms with E-state index in [-0.39, 0.29) is 0 Å². The van der Waals surface area contributed by atoms with Crippen LogP contribution in [0.4, 0.5) is 0 Å². The molecule has 0 aliphatic rings. The zero-order valence-corrected chi connectivity index (χ0v) is 9.59. The van der Waals surface area contributed by atoms with E-state index in [1.807, 2.05) is 6.08 Å². The van der Waals surface area contributed by atoms with E-state index in [1.165, 1.54) is 6.42 Å². The Labute approximate surface area is 80.0 Å². The van der Waals surface area contributed by atoms with Crippen LogP contribution in [-0.2, 0) is 0 Å². The fourth-order valence-corrected chi connectivity index (χ4v) is 4.08. The van der Waals surface area contributed by atoms with Crippen molar-refractivity contribution < 1.29 is 0 Å². The molecular formula is C8H16Cl2Si. The van der Waals surface area contributed by atoms with Crippen LogP contribution in [0.3, 0.4) is 0 Å². The molecule has 0 fully saturated rings. The van der Waals surface area contributed by atoms with Crippen LogP contribution in [0.5, 0.6) is 0 Å². The molecule has 0 aromatic carbocycles. The fourth-order valence-electron chi connectivity index (χ4n) is 0.874. The molecule has 0 rings (SSSR count). The molecule has 0 bridgehead atoms. The molecule has 0 spiro atoms. The second kappa shape index (κ2) is 6.10. The summed E-state index contributed by atoms with van der Waals surface area (Å²) in [5.74, 6) is 0. The van der Waals surface area contributed by atoms with E-state index in [0.29, 0.717) is 0 Å². The van der Waals surface area contributed by atoms with Crippen LogP contribution in [0, 0.1) is 0 Å². The van der Waals surface area contributed by atoms with Gasteiger partial charge in [-0.25, -0.2) is 0 Å². The topological polar surface area (TPSA) is 0 Å². The third kappa shape index (κ3) is 6.92. The molecule has 0 atom stereocenters. The number of rotatable bonds is 6. The van der Waals surface area contributed by atoms with Gasteiger partial charge in [0.25, 0.3) is 6.69 Å². The highest BCUT2D eigenvalue weighted by atomic mass is 35.7. The molecule has 0 radical (unpaired) electrons. The van der Waals surface area contributed by atoms with Crippen molar-refractivity contribution in [2.24, 2.45) is 0 Å². The Balaban J connectivity index is 3.51. The summed E-state index contributed by atoms with van der Waals surface area (Å²) >= 11 is 12.3. The predicted molar refractivity (Wildman–Crippen MR) is 56.8 cm³/mol. The van der Waals surface area contributed by atoms with E-state index in [2.05, 4.69) is 13.5 Å². The highest BCUT2D eigenvalue weighted by Crippen LogP contribution is 2.28. The van der Waals surface area contributed by atoms with Gasteiger partial charge < -0.3 is 0 Å². The van der Waals surface area contributed by atoms with E-state index in [0.717, 1.165) is 24.9 Å². The quantitative estimate of drug-likeness (QED) is 0.349. The van der Waals surface area contributed by atoms with Crippen LogP contribution in [0.2, 0.25) is 12.1 Å². The van der Waals surface area contributed by atoms with Crippen molar-refractivity contribution in [2.45, 2.75) is 38.3 Å². The van der Waals surface area contributed by atoms with Crippen molar-refractivity contribution in [3.05, 3.63) is 12.7 Å². The van der Waals surface area contributed by atoms with Gasteiger partial charge in [0.05, 0.1) is 0 Å². The molecule has 0 aromatic heterocycles. The van der Waals surface area contributed by atoms with Gasteiger partial charge in [0.15, 0.2) is 0 Å². The molecule has 0 saturated heterocycles. The Hall–Kier alpha value is 0.537. The molecule has 0 amide bonds. The van der Waals surface area contributed by atoms with Gasteiger partial charge in [0.2, 0.25) is 0 Å². The van der Waals surface area contributed by atoms with Crippen molar-refractivity contribution in [2.75, 3.05) is 0 Å². The summed E-state index contributed by atoms with van der Waals surface area (Å²) in [5, 5.41) is 0. The average Bonchev–Trinajstić information content (AvgIpc) is 1.97. The van der Waals surface area contributed by atoms with Gasteiger partial charge in [-0.15, -0.1) is 28.7 Å². The zero-order valence-electron chi connectivity index (χ0n) is 7.08. The molecular weight excluding hydrogens is 195 g/mol. The zero-order chi connectivity index (χ0) is 8.74. The minimum atomic E-state index is -1.87. The van der Waals surface area contributed by atoms with Crippen LogP contribution in [-0.4, -0.2) is 6.69 Å². The Kier molecular flexibility index (Phi) is 6.40. The van der Waals surface area contributed by atoms with Gasteiger partial charge in [-0.05, 0) is 18.5 Å². The van der Waals surface area contributed by atoms with Gasteiger partial charge >= 0.3 is 0 Å². The minimum absolute atomic E-state index is 0.958. The molecule has 0 aliphatic heterocycles. The lowest BCUT2D eigenvalue weighted by atomic mass is 10.4. The summed E-state index contributed by atoms with van der Waals surface area (Å²) in [5.41, 5.74) is 0. The molecule has 3 heteroatoms. The second-order valence-corrected chi connectivity index (χ2v) is 10.4. The number of hydrogen-bond acceptors (Lipinski definition) is 0. The van der Waals surface area contributed by atoms with Crippen LogP contribution >= 0.6 is 22.2 Å². The maximum Gasteiger partial charge on any atom is 0.251 e. The van der Waals surface area contributed by atoms with Crippen molar-refractivity contribution in [3.8, 4) is 0 Å². The molecule has 0 aliphatic carbocycles. The standard InChI is InChI=1S/C8H16Cl2Si/c1-3-5-7-11(9,10)8-6-4-2/h3H,1,4-8H2,2H3. The van der Waals surface area contributed by atoms with Crippen molar-refractivity contribution in [3.63, 3.8) is 0 Å². The second-order valence-electron chi connectivity index (χ2n) is 2.79. The van der Waals surface area contributed by atoms with E-state index < -0.39 is 6.69 Å². The minimum Gasteiger partial charge on any atom is -0.146 e. The van der Waals surface area contributed by atoms with Gasteiger partial charge in [0, 0.05) is 0 Å². The van der Waals surface area contributed by atoms with E-state index in [4.69, 9.17) is 22.2 Å². The van der Waals surface area contributed by atoms with Gasteiger partial charge in [-0.3, -0.25) is 0 Å². The van der Waals surface area contributed by atoms with Gasteiger partial charge in [-0.2, -0.15) is 0 Å². The van der Waals surface area contributed by atoms with Gasteiger partial charge in [0.1, 0.15) is 0 Å². The Morgan fingerprint density at radius 1 is 1.36 bits per heavy atom. The number of halogens is 2. The van der Waals surface area contributed by atoms with Crippen LogP contribution < -0.4 is 0 Å². The number of hydrogen-bond donors (Lipinski definition) is 0. The van der Waals surface area contributed by atoms with Crippen LogP contribution in [0.1, 0.15) is 26.2 Å². The Morgan fingerprint density at radius 2 is 2.00 bits per heavy atom. The summed E-state index contributed by atoms with van der Waals surface area (Å²) in [4.78, 5) is 0. The lowest BCUT2D eigenvalue weighted by Gasteiger charge is -2.14. The molecule has 0 aromatic rings. The first kappa shape index (κ1) is 11.5. The summed E-state index contributed by atoms with van der Waals surface area (Å²) in [7, 11) is 0. The van der Waals surface area contributed by atoms with E-state index >= 15 is 0 Å². The summed E-state index contributed by atoms with van der Waals surface area (Å²) in [6.45, 7) is 3.94. The van der Waals surface area contributed by atoms with Crippen LogP contribution in [0.25, 0.3) is 0 Å². The van der Waals surface area contributed by atoms with Crippen LogP contribution in [0.15, 0.2) is 12.7 Å². The van der Waals surface area contributed by atoms with E-state index in [9.17, 15) is 0 Å². The molecule has 66 valence electrons. The molecule has 0 unspecified atom stereocenters. The molecule has 0 saturated carbocycles. The first-order valence-electron chi connectivity index (χ1n) is 4.11. The third-order valence-electron chi connectivity index (χ3n) is 1.61. The lowest BCUT2D eigenvalue weighted by Crippen LogP contribution is -2.17. The Morgan fingerprint density at radius 3 is 2.45 bits per heavy atom. The summed E-state index contributed by atoms with van der Waals surface area (Å²) in [6.07, 6.45) is 5.19. The first-order chi connectivity index (χ1) is 5.12. The SMILES string of the molecule is C=CCC[Si](Cl)(Cl)CCCC. The molecule has 0 nitrogen and oxygen atoms in total. The summed E-state index contributed by atoms with van der Waals surface area (Å²) < 4.78 is 0. The molecule has 0 N–H and O–H groups in total. The predicted octanol–water partition coefficient (Wildman–Crippen LogP) is 4.28. The Bertz CT molecular complexity index is 113. The average molecular weight is 211 g/mol. The van der Waals surface area contributed by atoms with E-state index in [1.54, 1.807) is 0 Å². The summed E-state index contributed by atoms with van der Waals surface area (Å²) in [6, 6.07) is 1.99. The van der Waals surface area contributed by atoms with Crippen molar-refractivity contribution >= 4 is 28.9 Å². The number of allylic oxidation sites excluding steroid dienone is 1. The third-order valence-corrected chi connectivity index (χ3v) is 5.98. The number of unbranched alkanes of at least 4 members (excludes halogenated alkanes) is 1. The van der Waals surface area contributed by atoms with Crippen molar-refractivity contribution in [1.82, 2.24) is 0 Å². The first-order valence-corrected chi connectivity index (χ1v) is 8.55. The smallest absolute Gasteiger partial charge is 0.146 e. The maximum absolute atomic E-state index is 6.15. The van der Waals surface area contributed by atoms with Crippen molar-refractivity contribution in [1.29, 1.82) is 0 Å². The molecule has 0 heterocycles. The van der Waals surface area contributed by atoms with Gasteiger partial charge in [-0.1, -0.05) is 25.8 Å². The maximum atomic E-state index is 6.15.